The van der Waals surface area contributed by atoms with Crippen molar-refractivity contribution in [2.24, 2.45) is 0 Å². The van der Waals surface area contributed by atoms with Crippen LogP contribution in [0, 0.1) is 0 Å². The number of amides is 1. The quantitative estimate of drug-likeness (QED) is 0.889. The second-order valence-electron chi connectivity index (χ2n) is 3.76. The Bertz CT molecular complexity index is 590. The van der Waals surface area contributed by atoms with E-state index in [0.29, 0.717) is 23.7 Å². The van der Waals surface area contributed by atoms with Crippen LogP contribution in [0.2, 0.25) is 0 Å². The van der Waals surface area contributed by atoms with Gasteiger partial charge in [-0.1, -0.05) is 24.3 Å². The molecule has 2 N–H and O–H groups in total. The molecule has 2 aromatic heterocycles. The first-order chi connectivity index (χ1) is 9.10. The molecule has 0 radical (unpaired) electrons. The highest BCUT2D eigenvalue weighted by atomic mass is 32.1. The van der Waals surface area contributed by atoms with E-state index in [0.717, 1.165) is 16.2 Å². The minimum Gasteiger partial charge on any atom is -0.477 e. The normalized spacial score (nSPS) is 10.4. The van der Waals surface area contributed by atoms with Gasteiger partial charge in [0.25, 0.3) is 0 Å². The van der Waals surface area contributed by atoms with Gasteiger partial charge in [-0.25, -0.2) is 9.78 Å². The highest BCUT2D eigenvalue weighted by molar-refractivity contribution is 7.17. The number of nitrogens with one attached hydrogen (secondary N) is 1. The number of carboxylic acid groups (broad SMARTS) is 1. The maximum Gasteiger partial charge on any atom is 0.347 e. The first-order valence-corrected chi connectivity index (χ1v) is 7.35. The predicted octanol–water partition coefficient (Wildman–Crippen LogP) is 2.84. The fourth-order valence-corrected chi connectivity index (χ4v) is 3.02. The number of hydrogen-bond acceptors (Lipinski definition) is 5. The zero-order valence-corrected chi connectivity index (χ0v) is 11.8. The van der Waals surface area contributed by atoms with Crippen LogP contribution in [-0.4, -0.2) is 22.0 Å². The first-order valence-electron chi connectivity index (χ1n) is 5.65. The molecule has 100 valence electrons. The maximum atomic E-state index is 11.3. The van der Waals surface area contributed by atoms with Crippen molar-refractivity contribution in [3.05, 3.63) is 33.0 Å². The number of carboxylic acids is 1. The van der Waals surface area contributed by atoms with Crippen LogP contribution >= 0.6 is 22.7 Å². The number of carbonyl (C=O) groups excluding carboxylic acids is 1. The lowest BCUT2D eigenvalue weighted by atomic mass is 10.2. The highest BCUT2D eigenvalue weighted by Crippen LogP contribution is 2.26. The zero-order valence-electron chi connectivity index (χ0n) is 10.2. The van der Waals surface area contributed by atoms with Gasteiger partial charge in [0.05, 0.1) is 5.69 Å². The number of thiazole rings is 1. The largest absolute Gasteiger partial charge is 0.477 e. The summed E-state index contributed by atoms with van der Waals surface area (Å²) in [5.41, 5.74) is 0.492. The molecule has 0 saturated heterocycles. The topological polar surface area (TPSA) is 79.3 Å². The van der Waals surface area contributed by atoms with Crippen LogP contribution in [0.1, 0.15) is 33.6 Å². The van der Waals surface area contributed by atoms with E-state index in [1.165, 1.54) is 0 Å². The van der Waals surface area contributed by atoms with Gasteiger partial charge < -0.3 is 10.4 Å². The predicted molar refractivity (Wildman–Crippen MR) is 75.1 cm³/mol. The van der Waals surface area contributed by atoms with Crippen LogP contribution in [0.4, 0.5) is 5.13 Å². The van der Waals surface area contributed by atoms with Crippen molar-refractivity contribution in [1.29, 1.82) is 0 Å². The number of aromatic carboxylic acids is 1. The standard InChI is InChI=1S/C12H12N2O3S2/c1-2-9(15)14-12-13-8(10(19-12)11(16)17)6-7-4-3-5-18-7/h3-5H,2,6H2,1H3,(H,16,17)(H,13,14,15). The lowest BCUT2D eigenvalue weighted by Gasteiger charge is -1.96. The molecule has 1 amide bonds. The van der Waals surface area contributed by atoms with Gasteiger partial charge in [-0.05, 0) is 11.4 Å². The van der Waals surface area contributed by atoms with E-state index < -0.39 is 5.97 Å². The summed E-state index contributed by atoms with van der Waals surface area (Å²) in [6.07, 6.45) is 0.806. The summed E-state index contributed by atoms with van der Waals surface area (Å²) in [6, 6.07) is 3.84. The minimum atomic E-state index is -1.01. The van der Waals surface area contributed by atoms with E-state index in [2.05, 4.69) is 10.3 Å². The van der Waals surface area contributed by atoms with E-state index in [9.17, 15) is 9.59 Å². The van der Waals surface area contributed by atoms with Gasteiger partial charge in [0.15, 0.2) is 5.13 Å². The van der Waals surface area contributed by atoms with Gasteiger partial charge in [-0.2, -0.15) is 0 Å². The fraction of sp³-hybridized carbons (Fsp3) is 0.250. The van der Waals surface area contributed by atoms with Crippen LogP contribution in [0.5, 0.6) is 0 Å². The molecule has 0 fully saturated rings. The molecule has 0 atom stereocenters. The average Bonchev–Trinajstić information content (AvgIpc) is 2.99. The average molecular weight is 296 g/mol. The number of nitrogens with zero attached hydrogens (tertiary/aromatic N) is 1. The summed E-state index contributed by atoms with van der Waals surface area (Å²) >= 11 is 2.55. The lowest BCUT2D eigenvalue weighted by Crippen LogP contribution is -2.09. The molecule has 0 aliphatic rings. The van der Waals surface area contributed by atoms with Crippen LogP contribution in [-0.2, 0) is 11.2 Å². The molecule has 0 aliphatic carbocycles. The summed E-state index contributed by atoms with van der Waals surface area (Å²) in [6.45, 7) is 1.73. The molecular weight excluding hydrogens is 284 g/mol. The Balaban J connectivity index is 2.25. The molecule has 0 unspecified atom stereocenters. The Hall–Kier alpha value is -1.73. The molecular formula is C12H12N2O3S2. The number of anilines is 1. The zero-order chi connectivity index (χ0) is 13.8. The summed E-state index contributed by atoms with van der Waals surface area (Å²) < 4.78 is 0. The highest BCUT2D eigenvalue weighted by Gasteiger charge is 2.18. The van der Waals surface area contributed by atoms with E-state index in [1.807, 2.05) is 17.5 Å². The van der Waals surface area contributed by atoms with Crippen LogP contribution in [0.15, 0.2) is 17.5 Å². The third-order valence-electron chi connectivity index (χ3n) is 2.38. The summed E-state index contributed by atoms with van der Waals surface area (Å²) in [7, 11) is 0. The van der Waals surface area contributed by atoms with Crippen LogP contribution in [0.25, 0.3) is 0 Å². The van der Waals surface area contributed by atoms with E-state index >= 15 is 0 Å². The summed E-state index contributed by atoms with van der Waals surface area (Å²) in [5, 5.41) is 14.0. The SMILES string of the molecule is CCC(=O)Nc1nc(Cc2cccs2)c(C(=O)O)s1. The van der Waals surface area contributed by atoms with Crippen LogP contribution in [0.3, 0.4) is 0 Å². The van der Waals surface area contributed by atoms with E-state index in [4.69, 9.17) is 5.11 Å². The molecule has 2 aromatic rings. The van der Waals surface area contributed by atoms with Crippen molar-refractivity contribution in [1.82, 2.24) is 4.98 Å². The smallest absolute Gasteiger partial charge is 0.347 e. The maximum absolute atomic E-state index is 11.3. The Labute approximate surface area is 117 Å². The van der Waals surface area contributed by atoms with Crippen molar-refractivity contribution < 1.29 is 14.7 Å². The number of hydrogen-bond donors (Lipinski definition) is 2. The molecule has 2 heterocycles. The van der Waals surface area contributed by atoms with Gasteiger partial charge in [-0.15, -0.1) is 11.3 Å². The molecule has 19 heavy (non-hydrogen) atoms. The van der Waals surface area contributed by atoms with Crippen molar-refractivity contribution >= 4 is 39.7 Å². The Morgan fingerprint density at radius 1 is 1.47 bits per heavy atom. The van der Waals surface area contributed by atoms with E-state index in [1.54, 1.807) is 18.3 Å². The second kappa shape index (κ2) is 5.94. The minimum absolute atomic E-state index is 0.173. The molecule has 5 nitrogen and oxygen atoms in total. The number of thiophene rings is 1. The molecule has 2 rings (SSSR count). The number of carbonyl (C=O) groups is 2. The van der Waals surface area contributed by atoms with Crippen molar-refractivity contribution in [3.8, 4) is 0 Å². The second-order valence-corrected chi connectivity index (χ2v) is 5.79. The Morgan fingerprint density at radius 3 is 2.84 bits per heavy atom. The van der Waals surface area contributed by atoms with Crippen molar-refractivity contribution in [2.45, 2.75) is 19.8 Å². The van der Waals surface area contributed by atoms with E-state index in [-0.39, 0.29) is 10.8 Å². The van der Waals surface area contributed by atoms with Crippen LogP contribution < -0.4 is 5.32 Å². The molecule has 0 spiro atoms. The first kappa shape index (κ1) is 13.7. The lowest BCUT2D eigenvalue weighted by molar-refractivity contribution is -0.115. The van der Waals surface area contributed by atoms with Crippen molar-refractivity contribution in [3.63, 3.8) is 0 Å². The Kier molecular flexibility index (Phi) is 4.28. The van der Waals surface area contributed by atoms with Gasteiger partial charge in [0.1, 0.15) is 4.88 Å². The van der Waals surface area contributed by atoms with Gasteiger partial charge in [-0.3, -0.25) is 4.79 Å². The number of rotatable bonds is 5. The van der Waals surface area contributed by atoms with Gasteiger partial charge in [0.2, 0.25) is 5.91 Å². The molecule has 0 bridgehead atoms. The third-order valence-corrected chi connectivity index (χ3v) is 4.26. The summed E-state index contributed by atoms with van der Waals surface area (Å²) in [5.74, 6) is -1.19. The summed E-state index contributed by atoms with van der Waals surface area (Å²) in [4.78, 5) is 27.9. The molecule has 0 aromatic carbocycles. The van der Waals surface area contributed by atoms with Gasteiger partial charge >= 0.3 is 5.97 Å². The molecule has 7 heteroatoms. The van der Waals surface area contributed by atoms with Crippen molar-refractivity contribution in [2.75, 3.05) is 5.32 Å². The molecule has 0 saturated carbocycles. The Morgan fingerprint density at radius 2 is 2.26 bits per heavy atom. The number of aromatic nitrogens is 1. The van der Waals surface area contributed by atoms with Gasteiger partial charge in [0, 0.05) is 17.7 Å². The fourth-order valence-electron chi connectivity index (χ4n) is 1.48. The monoisotopic (exact) mass is 296 g/mol. The third kappa shape index (κ3) is 3.39. The molecule has 0 aliphatic heterocycles.